The van der Waals surface area contributed by atoms with Gasteiger partial charge in [0.2, 0.25) is 0 Å². The number of aliphatic hydroxyl groups is 1. The molecule has 2 N–H and O–H groups in total. The van der Waals surface area contributed by atoms with Crippen molar-refractivity contribution in [3.63, 3.8) is 0 Å². The fraction of sp³-hybridized carbons (Fsp3) is 0.360. The highest BCUT2D eigenvalue weighted by Crippen LogP contribution is 2.54. The Hall–Kier alpha value is -2.20. The molecule has 3 heteroatoms. The van der Waals surface area contributed by atoms with Crippen LogP contribution in [0, 0.1) is 5.41 Å². The second-order valence-electron chi connectivity index (χ2n) is 8.52. The Kier molecular flexibility index (Phi) is 4.67. The first-order valence-corrected chi connectivity index (χ1v) is 10.4. The molecule has 0 bridgehead atoms. The van der Waals surface area contributed by atoms with Gasteiger partial charge >= 0.3 is 0 Å². The van der Waals surface area contributed by atoms with E-state index in [1.165, 1.54) is 30.2 Å². The minimum absolute atomic E-state index is 0.388. The fourth-order valence-electron chi connectivity index (χ4n) is 4.90. The lowest BCUT2D eigenvalue weighted by molar-refractivity contribution is 0.116. The Labute approximate surface area is 167 Å². The number of aliphatic hydroxyl groups excluding tert-OH is 1. The zero-order valence-corrected chi connectivity index (χ0v) is 16.2. The Balaban J connectivity index is 1.20. The van der Waals surface area contributed by atoms with Crippen molar-refractivity contribution in [2.75, 3.05) is 13.1 Å². The molecule has 28 heavy (non-hydrogen) atoms. The molecule has 5 rings (SSSR count). The summed E-state index contributed by atoms with van der Waals surface area (Å²) in [4.78, 5) is 2.57. The predicted octanol–water partition coefficient (Wildman–Crippen LogP) is 4.48. The highest BCUT2D eigenvalue weighted by atomic mass is 16.3. The van der Waals surface area contributed by atoms with Crippen LogP contribution in [0.25, 0.3) is 10.8 Å². The molecule has 2 atom stereocenters. The van der Waals surface area contributed by atoms with Gasteiger partial charge in [0.15, 0.2) is 0 Å². The maximum absolute atomic E-state index is 10.9. The SMILES string of the molecule is OC(NC1CC12CCN(Cc1ccccc1)CC2)c1cccc2ccccc12. The van der Waals surface area contributed by atoms with Crippen LogP contribution in [-0.4, -0.2) is 29.1 Å². The van der Waals surface area contributed by atoms with Crippen molar-refractivity contribution in [2.45, 2.75) is 38.1 Å². The summed E-state index contributed by atoms with van der Waals surface area (Å²) in [5.74, 6) is 0. The number of fused-ring (bicyclic) bond motifs is 1. The van der Waals surface area contributed by atoms with Crippen LogP contribution in [0.2, 0.25) is 0 Å². The summed E-state index contributed by atoms with van der Waals surface area (Å²) in [6.07, 6.45) is 3.03. The van der Waals surface area contributed by atoms with E-state index in [2.05, 4.69) is 58.7 Å². The zero-order chi connectivity index (χ0) is 19.0. The van der Waals surface area contributed by atoms with Gasteiger partial charge in [-0.1, -0.05) is 72.8 Å². The molecule has 3 nitrogen and oxygen atoms in total. The first-order valence-electron chi connectivity index (χ1n) is 10.4. The van der Waals surface area contributed by atoms with Crippen molar-refractivity contribution in [3.05, 3.63) is 83.9 Å². The Morgan fingerprint density at radius 3 is 2.46 bits per heavy atom. The summed E-state index contributed by atoms with van der Waals surface area (Å²) < 4.78 is 0. The van der Waals surface area contributed by atoms with Crippen LogP contribution < -0.4 is 5.32 Å². The Morgan fingerprint density at radius 2 is 1.64 bits per heavy atom. The molecular weight excluding hydrogens is 344 g/mol. The van der Waals surface area contributed by atoms with E-state index in [-0.39, 0.29) is 0 Å². The van der Waals surface area contributed by atoms with E-state index in [0.29, 0.717) is 11.5 Å². The van der Waals surface area contributed by atoms with Crippen LogP contribution in [0.3, 0.4) is 0 Å². The summed E-state index contributed by atoms with van der Waals surface area (Å²) in [6, 6.07) is 25.6. The van der Waals surface area contributed by atoms with E-state index in [4.69, 9.17) is 0 Å². The molecule has 2 aliphatic rings. The number of hydrogen-bond acceptors (Lipinski definition) is 3. The number of benzene rings is 3. The second kappa shape index (κ2) is 7.32. The third-order valence-electron chi connectivity index (χ3n) is 6.77. The molecule has 1 spiro atoms. The van der Waals surface area contributed by atoms with Crippen LogP contribution >= 0.6 is 0 Å². The first-order chi connectivity index (χ1) is 13.7. The van der Waals surface area contributed by atoms with Gasteiger partial charge in [0.1, 0.15) is 6.23 Å². The molecule has 0 radical (unpaired) electrons. The lowest BCUT2D eigenvalue weighted by Crippen LogP contribution is -2.37. The van der Waals surface area contributed by atoms with Crippen molar-refractivity contribution >= 4 is 10.8 Å². The van der Waals surface area contributed by atoms with Gasteiger partial charge in [-0.25, -0.2) is 0 Å². The topological polar surface area (TPSA) is 35.5 Å². The maximum atomic E-state index is 10.9. The largest absolute Gasteiger partial charge is 0.374 e. The predicted molar refractivity (Wildman–Crippen MR) is 114 cm³/mol. The molecule has 2 unspecified atom stereocenters. The summed E-state index contributed by atoms with van der Waals surface area (Å²) in [5, 5.41) is 16.7. The smallest absolute Gasteiger partial charge is 0.131 e. The highest BCUT2D eigenvalue weighted by Gasteiger charge is 2.55. The molecule has 0 amide bonds. The van der Waals surface area contributed by atoms with Gasteiger partial charge in [0, 0.05) is 18.2 Å². The molecule has 144 valence electrons. The standard InChI is InChI=1S/C25H28N2O/c28-24(22-12-6-10-20-9-4-5-11-21(20)22)26-23-17-25(23)13-15-27(16-14-25)18-19-7-2-1-3-8-19/h1-12,23-24,26,28H,13-18H2. The van der Waals surface area contributed by atoms with Crippen molar-refractivity contribution in [3.8, 4) is 0 Å². The van der Waals surface area contributed by atoms with Crippen LogP contribution in [0.4, 0.5) is 0 Å². The molecule has 3 aromatic rings. The summed E-state index contributed by atoms with van der Waals surface area (Å²) in [7, 11) is 0. The molecule has 1 heterocycles. The van der Waals surface area contributed by atoms with Gasteiger partial charge in [0.05, 0.1) is 0 Å². The molecule has 0 aromatic heterocycles. The lowest BCUT2D eigenvalue weighted by atomic mass is 9.92. The third-order valence-corrected chi connectivity index (χ3v) is 6.77. The van der Waals surface area contributed by atoms with E-state index in [9.17, 15) is 5.11 Å². The molecule has 1 saturated heterocycles. The molecule has 1 saturated carbocycles. The van der Waals surface area contributed by atoms with E-state index in [1.54, 1.807) is 0 Å². The van der Waals surface area contributed by atoms with E-state index in [0.717, 1.165) is 30.6 Å². The van der Waals surface area contributed by atoms with Gasteiger partial charge in [-0.2, -0.15) is 0 Å². The summed E-state index contributed by atoms with van der Waals surface area (Å²) >= 11 is 0. The van der Waals surface area contributed by atoms with E-state index >= 15 is 0 Å². The monoisotopic (exact) mass is 372 g/mol. The Morgan fingerprint density at radius 1 is 0.929 bits per heavy atom. The van der Waals surface area contributed by atoms with Crippen molar-refractivity contribution < 1.29 is 5.11 Å². The number of rotatable bonds is 5. The zero-order valence-electron chi connectivity index (χ0n) is 16.2. The number of piperidine rings is 1. The summed E-state index contributed by atoms with van der Waals surface area (Å²) in [6.45, 7) is 3.35. The molecule has 3 aromatic carbocycles. The average molecular weight is 373 g/mol. The van der Waals surface area contributed by atoms with Crippen LogP contribution in [0.5, 0.6) is 0 Å². The fourth-order valence-corrected chi connectivity index (χ4v) is 4.90. The molecular formula is C25H28N2O. The third kappa shape index (κ3) is 3.46. The second-order valence-corrected chi connectivity index (χ2v) is 8.52. The van der Waals surface area contributed by atoms with Gasteiger partial charge in [0.25, 0.3) is 0 Å². The molecule has 2 fully saturated rings. The van der Waals surface area contributed by atoms with E-state index < -0.39 is 6.23 Å². The van der Waals surface area contributed by atoms with Crippen molar-refractivity contribution in [1.82, 2.24) is 10.2 Å². The maximum Gasteiger partial charge on any atom is 0.131 e. The summed E-state index contributed by atoms with van der Waals surface area (Å²) in [5.41, 5.74) is 2.77. The molecule has 1 aliphatic heterocycles. The van der Waals surface area contributed by atoms with Crippen LogP contribution in [0.15, 0.2) is 72.8 Å². The van der Waals surface area contributed by atoms with E-state index in [1.807, 2.05) is 24.3 Å². The van der Waals surface area contributed by atoms with Crippen LogP contribution in [-0.2, 0) is 6.54 Å². The normalized spacial score (nSPS) is 22.4. The number of likely N-dealkylation sites (tertiary alicyclic amines) is 1. The molecule has 1 aliphatic carbocycles. The van der Waals surface area contributed by atoms with Gasteiger partial charge in [-0.05, 0) is 54.1 Å². The van der Waals surface area contributed by atoms with Gasteiger partial charge in [-0.3, -0.25) is 10.2 Å². The number of nitrogens with zero attached hydrogens (tertiary/aromatic N) is 1. The lowest BCUT2D eigenvalue weighted by Gasteiger charge is -2.33. The number of nitrogens with one attached hydrogen (secondary N) is 1. The van der Waals surface area contributed by atoms with Crippen molar-refractivity contribution in [2.24, 2.45) is 5.41 Å². The number of hydrogen-bond donors (Lipinski definition) is 2. The van der Waals surface area contributed by atoms with Crippen LogP contribution in [0.1, 0.15) is 36.6 Å². The first kappa shape index (κ1) is 17.9. The van der Waals surface area contributed by atoms with Crippen molar-refractivity contribution in [1.29, 1.82) is 0 Å². The van der Waals surface area contributed by atoms with Gasteiger partial charge in [-0.15, -0.1) is 0 Å². The Bertz CT molecular complexity index is 942. The highest BCUT2D eigenvalue weighted by molar-refractivity contribution is 5.85. The van der Waals surface area contributed by atoms with Gasteiger partial charge < -0.3 is 5.11 Å². The minimum atomic E-state index is -0.599. The quantitative estimate of drug-likeness (QED) is 0.649. The average Bonchev–Trinajstić information content (AvgIpc) is 3.41. The minimum Gasteiger partial charge on any atom is -0.374 e.